The molecule has 4 fully saturated rings. The first-order chi connectivity index (χ1) is 70.7. The fourth-order valence-corrected chi connectivity index (χ4v) is 23.0. The van der Waals surface area contributed by atoms with Gasteiger partial charge in [0.05, 0.1) is 39.6 Å². The SMILES string of the molecule is C#CCCOC(=O)N1CCc2c([nH]c3ccc(Cl)cc23)C1c1ccc(OCC2CCCN(C)C2)cc1.CCOC(=O)N1CCc2c([nH]c3ccc(Cl)cc23)C1c1ccc(OCC2CCCN(C)C2)cc1.CN1CCCC(COc2ccc(C3c4[nH]c5ccc(Cl)cc5c4CCN3C(=O)OCC(C)(C)C)cc2)C1.Cc1ccc(OC(=O)N2CCc3c([nH]c4ccc(Cl)cc34)C2c2ccc(OCC3CCCN(C)C3)cc2)cc1. The zero-order valence-corrected chi connectivity index (χ0v) is 88.3. The van der Waals surface area contributed by atoms with Crippen LogP contribution in [0.4, 0.5) is 19.2 Å². The lowest BCUT2D eigenvalue weighted by Crippen LogP contribution is -2.42. The molecule has 8 unspecified atom stereocenters. The van der Waals surface area contributed by atoms with Crippen molar-refractivity contribution in [2.75, 3.05) is 153 Å². The Morgan fingerprint density at radius 3 is 0.911 bits per heavy atom. The zero-order chi connectivity index (χ0) is 102. The smallest absolute Gasteiger partial charge is 0.416 e. The minimum atomic E-state index is -0.368. The third-order valence-electron chi connectivity index (χ3n) is 29.5. The van der Waals surface area contributed by atoms with Crippen LogP contribution in [0.3, 0.4) is 0 Å². The summed E-state index contributed by atoms with van der Waals surface area (Å²) in [6, 6.07) is 62.5. The molecule has 4 N–H and O–H groups in total. The molecular formula is C118H136Cl4N12O12. The molecule has 4 saturated heterocycles. The molecule has 12 heterocycles. The lowest BCUT2D eigenvalue weighted by molar-refractivity contribution is 0.0621. The Balaban J connectivity index is 0.000000128. The number of terminal acetylenes is 1. The largest absolute Gasteiger partial charge is 0.493 e. The van der Waals surface area contributed by atoms with E-state index in [0.717, 1.165) is 189 Å². The first kappa shape index (κ1) is 104. The van der Waals surface area contributed by atoms with Crippen LogP contribution >= 0.6 is 46.4 Å². The highest BCUT2D eigenvalue weighted by molar-refractivity contribution is 6.32. The first-order valence-electron chi connectivity index (χ1n) is 51.8. The van der Waals surface area contributed by atoms with Crippen LogP contribution in [0.25, 0.3) is 43.6 Å². The molecule has 0 spiro atoms. The minimum Gasteiger partial charge on any atom is -0.493 e. The number of hydrogen-bond acceptors (Lipinski definition) is 16. The highest BCUT2D eigenvalue weighted by Crippen LogP contribution is 2.47. The first-order valence-corrected chi connectivity index (χ1v) is 53.3. The Bertz CT molecular complexity index is 6740. The highest BCUT2D eigenvalue weighted by atomic mass is 35.5. The maximum atomic E-state index is 13.5. The number of likely N-dealkylation sites (tertiary alicyclic amines) is 4. The third-order valence-corrected chi connectivity index (χ3v) is 30.4. The molecule has 4 amide bonds. The number of rotatable bonds is 21. The van der Waals surface area contributed by atoms with Gasteiger partial charge in [-0.05, 0) is 329 Å². The normalized spacial score (nSPS) is 20.3. The molecule has 13 aromatic rings. The van der Waals surface area contributed by atoms with Gasteiger partial charge in [0.2, 0.25) is 0 Å². The van der Waals surface area contributed by atoms with E-state index in [-0.39, 0.29) is 60.6 Å². The second-order valence-electron chi connectivity index (χ2n) is 41.9. The molecule has 768 valence electrons. The summed E-state index contributed by atoms with van der Waals surface area (Å²) in [4.78, 5) is 83.8. The fraction of sp³-hybridized carbons (Fsp3) is 0.424. The number of nitrogens with one attached hydrogen (secondary N) is 4. The molecule has 0 saturated carbocycles. The number of nitrogens with zero attached hydrogens (tertiary/aromatic N) is 8. The van der Waals surface area contributed by atoms with E-state index in [9.17, 15) is 19.2 Å². The maximum Gasteiger partial charge on any atom is 0.416 e. The van der Waals surface area contributed by atoms with Gasteiger partial charge in [-0.25, -0.2) is 19.2 Å². The van der Waals surface area contributed by atoms with Gasteiger partial charge in [-0.3, -0.25) is 19.6 Å². The van der Waals surface area contributed by atoms with Crippen LogP contribution < -0.4 is 23.7 Å². The Morgan fingerprint density at radius 1 is 0.363 bits per heavy atom. The molecule has 9 aromatic carbocycles. The molecule has 4 aromatic heterocycles. The molecule has 24 nitrogen and oxygen atoms in total. The van der Waals surface area contributed by atoms with Gasteiger partial charge in [0.15, 0.2) is 0 Å². The van der Waals surface area contributed by atoms with Crippen molar-refractivity contribution in [1.82, 2.24) is 59.1 Å². The van der Waals surface area contributed by atoms with Gasteiger partial charge in [-0.15, -0.1) is 12.3 Å². The molecule has 28 heteroatoms. The van der Waals surface area contributed by atoms with Crippen LogP contribution in [-0.2, 0) is 39.9 Å². The number of benzene rings is 9. The average molecular weight is 2060 g/mol. The number of amides is 4. The number of H-pyrrole nitrogens is 4. The van der Waals surface area contributed by atoms with Crippen molar-refractivity contribution in [3.8, 4) is 41.1 Å². The predicted molar refractivity (Wildman–Crippen MR) is 581 cm³/mol. The lowest BCUT2D eigenvalue weighted by atomic mass is 9.92. The summed E-state index contributed by atoms with van der Waals surface area (Å²) >= 11 is 25.3. The number of fused-ring (bicyclic) bond motifs is 12. The summed E-state index contributed by atoms with van der Waals surface area (Å²) in [5, 5.41) is 7.26. The van der Waals surface area contributed by atoms with E-state index >= 15 is 0 Å². The van der Waals surface area contributed by atoms with E-state index in [1.165, 1.54) is 86.7 Å². The van der Waals surface area contributed by atoms with E-state index in [1.807, 2.05) is 186 Å². The van der Waals surface area contributed by atoms with E-state index in [0.29, 0.717) is 115 Å². The molecule has 0 bridgehead atoms. The molecule has 146 heavy (non-hydrogen) atoms. The molecule has 8 aliphatic heterocycles. The van der Waals surface area contributed by atoms with Crippen molar-refractivity contribution < 1.29 is 57.1 Å². The number of carbonyl (C=O) groups excluding carboxylic acids is 4. The predicted octanol–water partition coefficient (Wildman–Crippen LogP) is 25.0. The molecular weight excluding hydrogens is 1920 g/mol. The molecule has 8 atom stereocenters. The summed E-state index contributed by atoms with van der Waals surface area (Å²) < 4.78 is 47.1. The van der Waals surface area contributed by atoms with E-state index in [2.05, 4.69) is 131 Å². The number of aryl methyl sites for hydroxylation is 1. The van der Waals surface area contributed by atoms with Gasteiger partial charge in [0.25, 0.3) is 0 Å². The van der Waals surface area contributed by atoms with Gasteiger partial charge in [-0.2, -0.15) is 0 Å². The van der Waals surface area contributed by atoms with Crippen molar-refractivity contribution >= 4 is 114 Å². The minimum absolute atomic E-state index is 0.101. The van der Waals surface area contributed by atoms with Crippen LogP contribution in [0.5, 0.6) is 28.7 Å². The zero-order valence-electron chi connectivity index (χ0n) is 85.3. The number of hydrogen-bond donors (Lipinski definition) is 4. The van der Waals surface area contributed by atoms with Gasteiger partial charge < -0.3 is 77.4 Å². The van der Waals surface area contributed by atoms with Crippen LogP contribution in [0.2, 0.25) is 20.1 Å². The lowest BCUT2D eigenvalue weighted by Gasteiger charge is -2.36. The molecule has 8 aliphatic rings. The van der Waals surface area contributed by atoms with Crippen LogP contribution in [0.15, 0.2) is 194 Å². The second kappa shape index (κ2) is 47.4. The van der Waals surface area contributed by atoms with E-state index < -0.39 is 0 Å². The summed E-state index contributed by atoms with van der Waals surface area (Å²) in [5.41, 5.74) is 18.0. The number of aromatic nitrogens is 4. The van der Waals surface area contributed by atoms with Gasteiger partial charge in [0.1, 0.15) is 59.5 Å². The van der Waals surface area contributed by atoms with Crippen molar-refractivity contribution in [3.63, 3.8) is 0 Å². The van der Waals surface area contributed by atoms with Crippen molar-refractivity contribution in [3.05, 3.63) is 287 Å². The molecule has 0 radical (unpaired) electrons. The Hall–Kier alpha value is -12.0. The summed E-state index contributed by atoms with van der Waals surface area (Å²) in [7, 11) is 8.69. The summed E-state index contributed by atoms with van der Waals surface area (Å²) in [5.74, 6) is 8.70. The van der Waals surface area contributed by atoms with Crippen LogP contribution in [-0.4, -0.2) is 236 Å². The van der Waals surface area contributed by atoms with Crippen molar-refractivity contribution in [2.45, 2.75) is 142 Å². The average Bonchev–Trinajstić information content (AvgIpc) is 1.61. The van der Waals surface area contributed by atoms with E-state index in [1.54, 1.807) is 4.90 Å². The number of halogens is 4. The second-order valence-corrected chi connectivity index (χ2v) is 43.6. The number of carbonyl (C=O) groups is 4. The topological polar surface area (TPSA) is 231 Å². The summed E-state index contributed by atoms with van der Waals surface area (Å²) in [6.45, 7) is 25.1. The highest BCUT2D eigenvalue weighted by Gasteiger charge is 2.42. The Morgan fingerprint density at radius 2 is 0.637 bits per heavy atom. The van der Waals surface area contributed by atoms with Gasteiger partial charge >= 0.3 is 24.4 Å². The standard InChI is InChI=1S/C32H34ClN3O3.C30H38ClN3O3.C29H32ClN3O3.C27H32ClN3O3/c1-21-5-10-26(11-6-21)39-32(37)36-17-15-27-28-18-24(33)9-14-29(28)34-30(27)31(36)23-7-12-25(13-8-23)38-20-22-4-3-16-35(2)19-22;1-30(2,3)19-37-29(35)34-15-13-24-25-16-22(31)9-12-26(25)32-27(24)28(34)21-7-10-23(11-8-21)36-18-20-6-5-14-33(4)17-20;1-3-4-16-35-29(34)33-15-13-24-25-17-22(30)9-12-26(25)31-27(24)28(33)21-7-10-23(11-8-21)36-19-20-6-5-14-32(2)18-20;1-3-33-27(32)31-14-12-22-23-15-20(28)8-11-24(23)29-25(22)26(31)19-6-9-21(10-7-19)34-17-18-5-4-13-30(2)16-18/h5-14,18,22,31,34H,3-4,15-17,19-20H2,1-2H3;7-12,16,20,28,32H,5-6,13-15,17-19H2,1-4H3;1,7-12,17,20,28,31H,4-6,13-16,18-19H2,2H3;6-11,15,18,26,29H,3-5,12-14,16-17H2,1-2H3. The number of ether oxygens (including phenoxy) is 8. The Labute approximate surface area is 877 Å². The van der Waals surface area contributed by atoms with Crippen molar-refractivity contribution in [2.24, 2.45) is 29.1 Å². The van der Waals surface area contributed by atoms with Gasteiger partial charge in [0, 0.05) is 169 Å². The maximum absolute atomic E-state index is 13.5. The number of aromatic amines is 4. The Kier molecular flexibility index (Phi) is 33.8. The molecule has 21 rings (SSSR count). The quantitative estimate of drug-likeness (QED) is 0.0298. The van der Waals surface area contributed by atoms with Crippen molar-refractivity contribution in [1.29, 1.82) is 0 Å². The fourth-order valence-electron chi connectivity index (χ4n) is 22.3. The van der Waals surface area contributed by atoms with Crippen LogP contribution in [0.1, 0.15) is 182 Å². The van der Waals surface area contributed by atoms with E-state index in [4.69, 9.17) is 90.7 Å². The number of piperidine rings is 4. The van der Waals surface area contributed by atoms with Crippen LogP contribution in [0, 0.1) is 48.4 Å². The monoisotopic (exact) mass is 2050 g/mol. The van der Waals surface area contributed by atoms with Gasteiger partial charge in [-0.1, -0.05) is 133 Å². The third kappa shape index (κ3) is 25.2. The summed E-state index contributed by atoms with van der Waals surface area (Å²) in [6.07, 6.45) is 17.1. The molecule has 0 aliphatic carbocycles.